The summed E-state index contributed by atoms with van der Waals surface area (Å²) < 4.78 is 1.90. The molecule has 1 fully saturated rings. The number of likely N-dealkylation sites (tertiary alicyclic amines) is 1. The molecule has 0 amide bonds. The maximum Gasteiger partial charge on any atom is 0.308 e. The Morgan fingerprint density at radius 3 is 2.94 bits per heavy atom. The summed E-state index contributed by atoms with van der Waals surface area (Å²) in [6, 6.07) is 0. The molecule has 1 aromatic rings. The van der Waals surface area contributed by atoms with Gasteiger partial charge in [0.15, 0.2) is 0 Å². The van der Waals surface area contributed by atoms with Crippen LogP contribution in [0, 0.1) is 11.8 Å². The lowest BCUT2D eigenvalue weighted by Gasteiger charge is -2.15. The first-order valence-corrected chi connectivity index (χ1v) is 6.43. The van der Waals surface area contributed by atoms with Gasteiger partial charge in [-0.2, -0.15) is 5.10 Å². The van der Waals surface area contributed by atoms with Crippen LogP contribution in [-0.4, -0.2) is 43.8 Å². The highest BCUT2D eigenvalue weighted by Gasteiger charge is 2.34. The van der Waals surface area contributed by atoms with Crippen LogP contribution in [0.2, 0.25) is 0 Å². The van der Waals surface area contributed by atoms with E-state index in [9.17, 15) is 4.79 Å². The topological polar surface area (TPSA) is 71.2 Å². The lowest BCUT2D eigenvalue weighted by Crippen LogP contribution is -2.24. The largest absolute Gasteiger partial charge is 0.481 e. The normalized spacial score (nSPS) is 24.6. The predicted molar refractivity (Wildman–Crippen MR) is 65.9 cm³/mol. The molecule has 1 aliphatic rings. The Hall–Kier alpha value is -1.43. The average molecular weight is 252 g/mol. The van der Waals surface area contributed by atoms with Crippen molar-refractivity contribution in [3.8, 4) is 0 Å². The fourth-order valence-corrected chi connectivity index (χ4v) is 2.53. The highest BCUT2D eigenvalue weighted by Crippen LogP contribution is 2.24. The summed E-state index contributed by atoms with van der Waals surface area (Å²) in [5.41, 5.74) is 0. The zero-order chi connectivity index (χ0) is 13.1. The minimum Gasteiger partial charge on any atom is -0.481 e. The number of rotatable bonds is 5. The van der Waals surface area contributed by atoms with Gasteiger partial charge in [-0.15, -0.1) is 0 Å². The van der Waals surface area contributed by atoms with Crippen LogP contribution in [0.25, 0.3) is 0 Å². The Morgan fingerprint density at radius 2 is 2.33 bits per heavy atom. The van der Waals surface area contributed by atoms with Crippen molar-refractivity contribution in [1.82, 2.24) is 19.7 Å². The maximum absolute atomic E-state index is 11.1. The Morgan fingerprint density at radius 1 is 1.56 bits per heavy atom. The molecule has 6 nitrogen and oxygen atoms in total. The third kappa shape index (κ3) is 2.69. The summed E-state index contributed by atoms with van der Waals surface area (Å²) in [5, 5.41) is 13.3. The number of carboxylic acids is 1. The lowest BCUT2D eigenvalue weighted by atomic mass is 9.99. The number of hydrogen-bond acceptors (Lipinski definition) is 4. The van der Waals surface area contributed by atoms with E-state index >= 15 is 0 Å². The number of hydrogen-bond donors (Lipinski definition) is 1. The number of aryl methyl sites for hydroxylation is 1. The molecule has 0 spiro atoms. The predicted octanol–water partition coefficient (Wildman–Crippen LogP) is 0.841. The molecule has 0 aromatic carbocycles. The highest BCUT2D eigenvalue weighted by atomic mass is 16.4. The van der Waals surface area contributed by atoms with E-state index in [1.54, 1.807) is 6.33 Å². The van der Waals surface area contributed by atoms with E-state index in [2.05, 4.69) is 21.9 Å². The molecule has 2 heterocycles. The van der Waals surface area contributed by atoms with Gasteiger partial charge in [0.2, 0.25) is 0 Å². The van der Waals surface area contributed by atoms with E-state index in [1.807, 2.05) is 11.6 Å². The molecule has 2 rings (SSSR count). The second-order valence-electron chi connectivity index (χ2n) is 5.02. The van der Waals surface area contributed by atoms with Crippen molar-refractivity contribution in [2.24, 2.45) is 11.8 Å². The van der Waals surface area contributed by atoms with Gasteiger partial charge in [-0.05, 0) is 12.3 Å². The van der Waals surface area contributed by atoms with Crippen molar-refractivity contribution < 1.29 is 9.90 Å². The van der Waals surface area contributed by atoms with E-state index in [1.165, 1.54) is 0 Å². The number of aromatic nitrogens is 3. The number of aliphatic carboxylic acids is 1. The third-order valence-electron chi connectivity index (χ3n) is 3.50. The van der Waals surface area contributed by atoms with Crippen LogP contribution in [-0.2, 0) is 17.9 Å². The van der Waals surface area contributed by atoms with Crippen LogP contribution in [0.3, 0.4) is 0 Å². The second-order valence-corrected chi connectivity index (χ2v) is 5.02. The molecular weight excluding hydrogens is 232 g/mol. The minimum absolute atomic E-state index is 0.199. The molecule has 0 aliphatic carbocycles. The fraction of sp³-hybridized carbons (Fsp3) is 0.750. The minimum atomic E-state index is -0.694. The first-order valence-electron chi connectivity index (χ1n) is 6.43. The van der Waals surface area contributed by atoms with Crippen molar-refractivity contribution >= 4 is 5.97 Å². The Balaban J connectivity index is 1.98. The molecular formula is C12H20N4O2. The summed E-state index contributed by atoms with van der Waals surface area (Å²) in [7, 11) is 0. The van der Waals surface area contributed by atoms with Crippen LogP contribution < -0.4 is 0 Å². The molecule has 1 saturated heterocycles. The third-order valence-corrected chi connectivity index (χ3v) is 3.50. The first kappa shape index (κ1) is 13.0. The first-order chi connectivity index (χ1) is 8.61. The molecule has 0 radical (unpaired) electrons. The van der Waals surface area contributed by atoms with E-state index in [-0.39, 0.29) is 11.8 Å². The standard InChI is InChI=1S/C12H20N4O2/c1-3-4-16-11(13-8-14-16)7-15-5-9(2)10(6-15)12(17)18/h8-10H,3-7H2,1-2H3,(H,17,18). The summed E-state index contributed by atoms with van der Waals surface area (Å²) >= 11 is 0. The van der Waals surface area contributed by atoms with Crippen LogP contribution >= 0.6 is 0 Å². The van der Waals surface area contributed by atoms with Crippen LogP contribution in [0.4, 0.5) is 0 Å². The Labute approximate surface area is 107 Å². The van der Waals surface area contributed by atoms with Gasteiger partial charge in [0.05, 0.1) is 12.5 Å². The van der Waals surface area contributed by atoms with Crippen LogP contribution in [0.15, 0.2) is 6.33 Å². The van der Waals surface area contributed by atoms with Gasteiger partial charge in [-0.1, -0.05) is 13.8 Å². The number of nitrogens with zero attached hydrogens (tertiary/aromatic N) is 4. The van der Waals surface area contributed by atoms with Crippen molar-refractivity contribution in [2.45, 2.75) is 33.4 Å². The van der Waals surface area contributed by atoms with Gasteiger partial charge in [0.1, 0.15) is 12.2 Å². The smallest absolute Gasteiger partial charge is 0.308 e. The monoisotopic (exact) mass is 252 g/mol. The zero-order valence-electron chi connectivity index (χ0n) is 10.9. The van der Waals surface area contributed by atoms with Crippen LogP contribution in [0.5, 0.6) is 0 Å². The van der Waals surface area contributed by atoms with Crippen LogP contribution in [0.1, 0.15) is 26.1 Å². The Kier molecular flexibility index (Phi) is 3.96. The van der Waals surface area contributed by atoms with E-state index in [4.69, 9.17) is 5.11 Å². The lowest BCUT2D eigenvalue weighted by molar-refractivity contribution is -0.142. The Bertz CT molecular complexity index is 418. The number of carboxylic acid groups (broad SMARTS) is 1. The molecule has 2 unspecified atom stereocenters. The molecule has 1 N–H and O–H groups in total. The fourth-order valence-electron chi connectivity index (χ4n) is 2.53. The summed E-state index contributed by atoms with van der Waals surface area (Å²) in [4.78, 5) is 17.5. The van der Waals surface area contributed by atoms with Gasteiger partial charge in [-0.25, -0.2) is 9.67 Å². The van der Waals surface area contributed by atoms with Crippen molar-refractivity contribution in [1.29, 1.82) is 0 Å². The van der Waals surface area contributed by atoms with E-state index in [0.717, 1.165) is 25.3 Å². The molecule has 18 heavy (non-hydrogen) atoms. The highest BCUT2D eigenvalue weighted by molar-refractivity contribution is 5.71. The summed E-state index contributed by atoms with van der Waals surface area (Å²) in [6.45, 7) is 7.07. The summed E-state index contributed by atoms with van der Waals surface area (Å²) in [6.07, 6.45) is 2.59. The van der Waals surface area contributed by atoms with Gasteiger partial charge in [0.25, 0.3) is 0 Å². The number of carbonyl (C=O) groups is 1. The SMILES string of the molecule is CCCn1ncnc1CN1CC(C)C(C(=O)O)C1. The second kappa shape index (κ2) is 5.48. The molecule has 0 bridgehead atoms. The van der Waals surface area contributed by atoms with Gasteiger partial charge >= 0.3 is 5.97 Å². The summed E-state index contributed by atoms with van der Waals surface area (Å²) in [5.74, 6) is 0.174. The molecule has 2 atom stereocenters. The van der Waals surface area contributed by atoms with Gasteiger partial charge < -0.3 is 5.11 Å². The molecule has 100 valence electrons. The quantitative estimate of drug-likeness (QED) is 0.840. The van der Waals surface area contributed by atoms with E-state index < -0.39 is 5.97 Å². The molecule has 1 aliphatic heterocycles. The maximum atomic E-state index is 11.1. The van der Waals surface area contributed by atoms with Crippen molar-refractivity contribution in [3.63, 3.8) is 0 Å². The van der Waals surface area contributed by atoms with Gasteiger partial charge in [0, 0.05) is 19.6 Å². The van der Waals surface area contributed by atoms with Crippen molar-refractivity contribution in [2.75, 3.05) is 13.1 Å². The molecule has 6 heteroatoms. The van der Waals surface area contributed by atoms with Crippen molar-refractivity contribution in [3.05, 3.63) is 12.2 Å². The zero-order valence-corrected chi connectivity index (χ0v) is 10.9. The van der Waals surface area contributed by atoms with Gasteiger partial charge in [-0.3, -0.25) is 9.69 Å². The molecule has 0 saturated carbocycles. The average Bonchev–Trinajstić information content (AvgIpc) is 2.87. The van der Waals surface area contributed by atoms with E-state index in [0.29, 0.717) is 13.1 Å². The molecule has 1 aromatic heterocycles.